The van der Waals surface area contributed by atoms with Crippen LogP contribution in [-0.4, -0.2) is 14.2 Å². The van der Waals surface area contributed by atoms with Crippen LogP contribution < -0.4 is 4.74 Å². The Balaban J connectivity index is 2.33. The fourth-order valence-corrected chi connectivity index (χ4v) is 1.67. The molecule has 0 unspecified atom stereocenters. The van der Waals surface area contributed by atoms with E-state index in [2.05, 4.69) is 0 Å². The molecule has 2 rings (SSSR count). The number of hydrogen-bond acceptors (Lipinski definition) is 2. The summed E-state index contributed by atoms with van der Waals surface area (Å²) in [6, 6.07) is 5.00. The maximum Gasteiger partial charge on any atom is 0.165 e. The second-order valence-corrected chi connectivity index (χ2v) is 3.55. The maximum absolute atomic E-state index is 13.4. The third-order valence-electron chi connectivity index (χ3n) is 2.77. The monoisotopic (exact) mass is 196 g/mol. The van der Waals surface area contributed by atoms with Gasteiger partial charge in [0.2, 0.25) is 0 Å². The molecule has 0 atom stereocenters. The Hall–Kier alpha value is -1.09. The molecular formula is C11H13FO2. The van der Waals surface area contributed by atoms with Crippen LogP contribution in [0, 0.1) is 5.82 Å². The number of halogens is 1. The normalized spacial score (nSPS) is 17.9. The molecule has 0 spiro atoms. The second-order valence-electron chi connectivity index (χ2n) is 3.55. The van der Waals surface area contributed by atoms with Crippen molar-refractivity contribution >= 4 is 0 Å². The largest absolute Gasteiger partial charge is 0.494 e. The van der Waals surface area contributed by atoms with Gasteiger partial charge in [-0.2, -0.15) is 0 Å². The predicted molar refractivity (Wildman–Crippen MR) is 50.9 cm³/mol. The minimum absolute atomic E-state index is 0.229. The van der Waals surface area contributed by atoms with Gasteiger partial charge in [0.15, 0.2) is 11.6 Å². The molecule has 0 radical (unpaired) electrons. The van der Waals surface area contributed by atoms with Crippen LogP contribution in [0.25, 0.3) is 0 Å². The molecule has 1 aromatic rings. The molecule has 1 fully saturated rings. The highest BCUT2D eigenvalue weighted by molar-refractivity contribution is 5.35. The quantitative estimate of drug-likeness (QED) is 0.739. The molecule has 76 valence electrons. The van der Waals surface area contributed by atoms with Crippen LogP contribution in [-0.2, 0) is 10.3 Å². The van der Waals surface area contributed by atoms with Crippen molar-refractivity contribution in [1.29, 1.82) is 0 Å². The highest BCUT2D eigenvalue weighted by Gasteiger charge is 2.45. The van der Waals surface area contributed by atoms with Crippen molar-refractivity contribution in [2.24, 2.45) is 0 Å². The van der Waals surface area contributed by atoms with E-state index in [-0.39, 0.29) is 17.2 Å². The van der Waals surface area contributed by atoms with E-state index < -0.39 is 0 Å². The van der Waals surface area contributed by atoms with Gasteiger partial charge in [-0.1, -0.05) is 6.07 Å². The number of methoxy groups -OCH3 is 2. The zero-order valence-electron chi connectivity index (χ0n) is 8.34. The first-order chi connectivity index (χ1) is 6.72. The minimum Gasteiger partial charge on any atom is -0.494 e. The van der Waals surface area contributed by atoms with Crippen LogP contribution in [0.2, 0.25) is 0 Å². The van der Waals surface area contributed by atoms with E-state index in [0.29, 0.717) is 0 Å². The molecule has 1 aliphatic rings. The van der Waals surface area contributed by atoms with Crippen LogP contribution in [0.3, 0.4) is 0 Å². The van der Waals surface area contributed by atoms with Crippen LogP contribution in [0.15, 0.2) is 18.2 Å². The maximum atomic E-state index is 13.4. The number of hydrogen-bond donors (Lipinski definition) is 0. The Morgan fingerprint density at radius 1 is 1.29 bits per heavy atom. The van der Waals surface area contributed by atoms with E-state index in [9.17, 15) is 4.39 Å². The van der Waals surface area contributed by atoms with E-state index in [4.69, 9.17) is 9.47 Å². The summed E-state index contributed by atoms with van der Waals surface area (Å²) in [5, 5.41) is 0. The fourth-order valence-electron chi connectivity index (χ4n) is 1.67. The van der Waals surface area contributed by atoms with E-state index >= 15 is 0 Å². The van der Waals surface area contributed by atoms with E-state index in [1.807, 2.05) is 6.07 Å². The summed E-state index contributed by atoms with van der Waals surface area (Å²) in [7, 11) is 3.12. The van der Waals surface area contributed by atoms with E-state index in [0.717, 1.165) is 18.4 Å². The first kappa shape index (κ1) is 9.46. The predicted octanol–water partition coefficient (Wildman–Crippen LogP) is 2.47. The van der Waals surface area contributed by atoms with Gasteiger partial charge >= 0.3 is 0 Å². The zero-order chi connectivity index (χ0) is 10.2. The smallest absolute Gasteiger partial charge is 0.165 e. The van der Waals surface area contributed by atoms with Crippen LogP contribution in [0.5, 0.6) is 5.75 Å². The highest BCUT2D eigenvalue weighted by Crippen LogP contribution is 2.49. The Morgan fingerprint density at radius 2 is 2.00 bits per heavy atom. The lowest BCUT2D eigenvalue weighted by Crippen LogP contribution is -2.09. The molecule has 3 heteroatoms. The third kappa shape index (κ3) is 1.38. The second kappa shape index (κ2) is 3.24. The van der Waals surface area contributed by atoms with Gasteiger partial charge in [0.05, 0.1) is 12.7 Å². The van der Waals surface area contributed by atoms with Crippen LogP contribution in [0.1, 0.15) is 18.4 Å². The molecule has 0 heterocycles. The molecule has 2 nitrogen and oxygen atoms in total. The number of benzene rings is 1. The molecule has 0 aromatic heterocycles. The van der Waals surface area contributed by atoms with Gasteiger partial charge in [-0.25, -0.2) is 4.39 Å². The SMILES string of the molecule is COc1ccc(C2(OC)CC2)cc1F. The molecule has 0 N–H and O–H groups in total. The highest BCUT2D eigenvalue weighted by atomic mass is 19.1. The molecule has 1 aromatic carbocycles. The summed E-state index contributed by atoms with van der Waals surface area (Å²) in [6.45, 7) is 0. The minimum atomic E-state index is -0.326. The first-order valence-electron chi connectivity index (χ1n) is 4.61. The Morgan fingerprint density at radius 3 is 2.43 bits per heavy atom. The van der Waals surface area contributed by atoms with Crippen molar-refractivity contribution in [3.63, 3.8) is 0 Å². The van der Waals surface area contributed by atoms with Gasteiger partial charge in [-0.15, -0.1) is 0 Å². The summed E-state index contributed by atoms with van der Waals surface area (Å²) in [5.74, 6) is -0.0472. The zero-order valence-corrected chi connectivity index (χ0v) is 8.34. The van der Waals surface area contributed by atoms with E-state index in [1.165, 1.54) is 13.2 Å². The fraction of sp³-hybridized carbons (Fsp3) is 0.455. The van der Waals surface area contributed by atoms with Gasteiger partial charge < -0.3 is 9.47 Å². The lowest BCUT2D eigenvalue weighted by Gasteiger charge is -2.14. The van der Waals surface area contributed by atoms with Gasteiger partial charge in [0.1, 0.15) is 0 Å². The average Bonchev–Trinajstić information content (AvgIpc) is 2.98. The first-order valence-corrected chi connectivity index (χ1v) is 4.61. The van der Waals surface area contributed by atoms with Crippen LogP contribution >= 0.6 is 0 Å². The Kier molecular flexibility index (Phi) is 2.19. The van der Waals surface area contributed by atoms with Gasteiger partial charge in [-0.3, -0.25) is 0 Å². The summed E-state index contributed by atoms with van der Waals surface area (Å²) >= 11 is 0. The summed E-state index contributed by atoms with van der Waals surface area (Å²) in [6.07, 6.45) is 1.94. The summed E-state index contributed by atoms with van der Waals surface area (Å²) in [5.41, 5.74) is 0.672. The standard InChI is InChI=1S/C11H13FO2/c1-13-10-4-3-8(7-9(10)12)11(14-2)5-6-11/h3-4,7H,5-6H2,1-2H3. The molecule has 1 aliphatic carbocycles. The Bertz CT molecular complexity index is 345. The van der Waals surface area contributed by atoms with Crippen molar-refractivity contribution in [1.82, 2.24) is 0 Å². The van der Waals surface area contributed by atoms with Crippen molar-refractivity contribution in [2.45, 2.75) is 18.4 Å². The lowest BCUT2D eigenvalue weighted by atomic mass is 10.1. The molecule has 1 saturated carbocycles. The van der Waals surface area contributed by atoms with Crippen LogP contribution in [0.4, 0.5) is 4.39 Å². The average molecular weight is 196 g/mol. The number of ether oxygens (including phenoxy) is 2. The Labute approximate surface area is 82.6 Å². The van der Waals surface area contributed by atoms with Crippen molar-refractivity contribution in [2.75, 3.05) is 14.2 Å². The molecule has 0 saturated heterocycles. The topological polar surface area (TPSA) is 18.5 Å². The van der Waals surface area contributed by atoms with Crippen molar-refractivity contribution in [3.8, 4) is 5.75 Å². The third-order valence-corrected chi connectivity index (χ3v) is 2.77. The van der Waals surface area contributed by atoms with Crippen molar-refractivity contribution in [3.05, 3.63) is 29.6 Å². The molecule has 0 bridgehead atoms. The van der Waals surface area contributed by atoms with Crippen molar-refractivity contribution < 1.29 is 13.9 Å². The van der Waals surface area contributed by atoms with Gasteiger partial charge in [0.25, 0.3) is 0 Å². The molecular weight excluding hydrogens is 183 g/mol. The molecule has 0 aliphatic heterocycles. The van der Waals surface area contributed by atoms with E-state index in [1.54, 1.807) is 13.2 Å². The molecule has 0 amide bonds. The molecule has 14 heavy (non-hydrogen) atoms. The summed E-state index contributed by atoms with van der Waals surface area (Å²) < 4.78 is 23.6. The van der Waals surface area contributed by atoms with Gasteiger partial charge in [-0.05, 0) is 30.5 Å². The van der Waals surface area contributed by atoms with Gasteiger partial charge in [0, 0.05) is 7.11 Å². The summed E-state index contributed by atoms with van der Waals surface area (Å²) in [4.78, 5) is 0. The number of rotatable bonds is 3. The lowest BCUT2D eigenvalue weighted by molar-refractivity contribution is 0.0785.